The number of halogens is 1. The van der Waals surface area contributed by atoms with Crippen LogP contribution in [0.15, 0.2) is 4.99 Å². The van der Waals surface area contributed by atoms with E-state index in [4.69, 9.17) is 9.47 Å². The van der Waals surface area contributed by atoms with Crippen LogP contribution in [0.3, 0.4) is 0 Å². The van der Waals surface area contributed by atoms with Gasteiger partial charge in [0.1, 0.15) is 0 Å². The summed E-state index contributed by atoms with van der Waals surface area (Å²) in [6, 6.07) is 0. The molecule has 0 rings (SSSR count). The second-order valence-corrected chi connectivity index (χ2v) is 6.97. The lowest BCUT2D eigenvalue weighted by molar-refractivity contribution is -0.122. The number of guanidine groups is 1. The van der Waals surface area contributed by atoms with E-state index in [1.165, 1.54) is 0 Å². The molecule has 0 atom stereocenters. The number of aliphatic imine (C=N–C) groups is 1. The molecule has 0 heterocycles. The van der Waals surface area contributed by atoms with Crippen molar-refractivity contribution in [2.45, 2.75) is 53.0 Å². The fraction of sp³-hybridized carbons (Fsp3) is 0.889. The first-order valence-electron chi connectivity index (χ1n) is 9.26. The summed E-state index contributed by atoms with van der Waals surface area (Å²) in [5.41, 5.74) is -0.236. The molecule has 0 aliphatic carbocycles. The van der Waals surface area contributed by atoms with Crippen LogP contribution in [0.1, 0.15) is 47.5 Å². The van der Waals surface area contributed by atoms with Crippen LogP contribution in [0.4, 0.5) is 0 Å². The zero-order valence-corrected chi connectivity index (χ0v) is 19.7. The monoisotopic (exact) mass is 486 g/mol. The minimum Gasteiger partial charge on any atom is -0.379 e. The molecule has 0 bridgehead atoms. The fourth-order valence-electron chi connectivity index (χ4n) is 2.00. The number of carbonyl (C=O) groups is 1. The van der Waals surface area contributed by atoms with Crippen molar-refractivity contribution in [3.8, 4) is 0 Å². The van der Waals surface area contributed by atoms with Crippen molar-refractivity contribution in [1.82, 2.24) is 15.5 Å². The SMILES string of the molecule is CCCCOCCOCCN=C(NCC)N(C)CC(=O)NC(C)(C)C.I. The summed E-state index contributed by atoms with van der Waals surface area (Å²) in [6.07, 6.45) is 2.23. The van der Waals surface area contributed by atoms with Gasteiger partial charge in [-0.1, -0.05) is 13.3 Å². The van der Waals surface area contributed by atoms with Crippen LogP contribution >= 0.6 is 24.0 Å². The maximum atomic E-state index is 12.0. The molecule has 7 nitrogen and oxygen atoms in total. The van der Waals surface area contributed by atoms with Crippen LogP contribution in [0, 0.1) is 0 Å². The molecule has 0 fully saturated rings. The van der Waals surface area contributed by atoms with Gasteiger partial charge in [0.2, 0.25) is 5.91 Å². The van der Waals surface area contributed by atoms with Crippen LogP contribution in [-0.2, 0) is 14.3 Å². The second-order valence-electron chi connectivity index (χ2n) is 6.97. The van der Waals surface area contributed by atoms with Gasteiger partial charge in [-0.05, 0) is 34.1 Å². The Kier molecular flexibility index (Phi) is 17.6. The first-order valence-corrected chi connectivity index (χ1v) is 9.26. The molecule has 0 aromatic carbocycles. The highest BCUT2D eigenvalue weighted by atomic mass is 127. The molecule has 26 heavy (non-hydrogen) atoms. The number of unbranched alkanes of at least 4 members (excludes halogenated alkanes) is 1. The molecular weight excluding hydrogens is 447 g/mol. The molecule has 0 saturated heterocycles. The van der Waals surface area contributed by atoms with Crippen LogP contribution < -0.4 is 10.6 Å². The topological polar surface area (TPSA) is 75.2 Å². The molecule has 0 radical (unpaired) electrons. The maximum absolute atomic E-state index is 12.0. The summed E-state index contributed by atoms with van der Waals surface area (Å²) in [4.78, 5) is 18.3. The van der Waals surface area contributed by atoms with E-state index in [1.54, 1.807) is 0 Å². The van der Waals surface area contributed by atoms with Gasteiger partial charge in [-0.3, -0.25) is 9.79 Å². The zero-order valence-electron chi connectivity index (χ0n) is 17.4. The van der Waals surface area contributed by atoms with E-state index in [2.05, 4.69) is 22.5 Å². The van der Waals surface area contributed by atoms with Gasteiger partial charge in [-0.25, -0.2) is 0 Å². The van der Waals surface area contributed by atoms with Crippen LogP contribution in [0.5, 0.6) is 0 Å². The number of rotatable bonds is 12. The van der Waals surface area contributed by atoms with Gasteiger partial charge in [0.25, 0.3) is 0 Å². The number of hydrogen-bond donors (Lipinski definition) is 2. The molecule has 0 unspecified atom stereocenters. The Balaban J connectivity index is 0. The average Bonchev–Trinajstić information content (AvgIpc) is 2.50. The number of likely N-dealkylation sites (N-methyl/N-ethyl adjacent to an activating group) is 1. The van der Waals surface area contributed by atoms with Gasteiger partial charge in [0.05, 0.1) is 32.9 Å². The van der Waals surface area contributed by atoms with Crippen molar-refractivity contribution >= 4 is 35.8 Å². The Morgan fingerprint density at radius 2 is 1.69 bits per heavy atom. The molecule has 156 valence electrons. The van der Waals surface area contributed by atoms with Crippen LogP contribution in [0.25, 0.3) is 0 Å². The standard InChI is InChI=1S/C18H38N4O3.HI/c1-7-9-11-24-13-14-25-12-10-20-17(19-8-2)22(6)15-16(23)21-18(3,4)5;/h7-15H2,1-6H3,(H,19,20)(H,21,23);1H. The highest BCUT2D eigenvalue weighted by molar-refractivity contribution is 14.0. The first kappa shape index (κ1) is 27.6. The Morgan fingerprint density at radius 3 is 2.23 bits per heavy atom. The van der Waals surface area contributed by atoms with Gasteiger partial charge >= 0.3 is 0 Å². The first-order chi connectivity index (χ1) is 11.8. The van der Waals surface area contributed by atoms with Gasteiger partial charge < -0.3 is 25.0 Å². The Hall–Kier alpha value is -0.610. The van der Waals surface area contributed by atoms with Crippen molar-refractivity contribution in [3.05, 3.63) is 0 Å². The van der Waals surface area contributed by atoms with E-state index in [0.717, 1.165) is 26.0 Å². The molecule has 2 N–H and O–H groups in total. The fourth-order valence-corrected chi connectivity index (χ4v) is 2.00. The molecule has 8 heteroatoms. The number of nitrogens with zero attached hydrogens (tertiary/aromatic N) is 2. The van der Waals surface area contributed by atoms with E-state index in [1.807, 2.05) is 39.6 Å². The van der Waals surface area contributed by atoms with Crippen molar-refractivity contribution in [1.29, 1.82) is 0 Å². The van der Waals surface area contributed by atoms with Crippen molar-refractivity contribution in [2.75, 3.05) is 53.1 Å². The van der Waals surface area contributed by atoms with Crippen LogP contribution in [-0.4, -0.2) is 75.4 Å². The second kappa shape index (κ2) is 16.6. The Bertz CT molecular complexity index is 387. The lowest BCUT2D eigenvalue weighted by Gasteiger charge is -2.25. The number of amides is 1. The molecular formula is C18H39IN4O3. The summed E-state index contributed by atoms with van der Waals surface area (Å²) in [5, 5.41) is 6.14. The summed E-state index contributed by atoms with van der Waals surface area (Å²) >= 11 is 0. The molecule has 0 saturated carbocycles. The molecule has 0 spiro atoms. The van der Waals surface area contributed by atoms with E-state index < -0.39 is 0 Å². The summed E-state index contributed by atoms with van der Waals surface area (Å²) < 4.78 is 10.9. The third-order valence-electron chi connectivity index (χ3n) is 3.10. The minimum absolute atomic E-state index is 0. The zero-order chi connectivity index (χ0) is 19.1. The van der Waals surface area contributed by atoms with E-state index in [0.29, 0.717) is 32.3 Å². The predicted molar refractivity (Wildman–Crippen MR) is 118 cm³/mol. The highest BCUT2D eigenvalue weighted by Crippen LogP contribution is 1.98. The Morgan fingerprint density at radius 1 is 1.08 bits per heavy atom. The lowest BCUT2D eigenvalue weighted by Crippen LogP contribution is -2.48. The third-order valence-corrected chi connectivity index (χ3v) is 3.10. The smallest absolute Gasteiger partial charge is 0.240 e. The summed E-state index contributed by atoms with van der Waals surface area (Å²) in [5.74, 6) is 0.676. The van der Waals surface area contributed by atoms with Gasteiger partial charge in [0, 0.05) is 25.7 Å². The molecule has 0 aliphatic rings. The van der Waals surface area contributed by atoms with Gasteiger partial charge in [0.15, 0.2) is 5.96 Å². The minimum atomic E-state index is -0.236. The summed E-state index contributed by atoms with van der Waals surface area (Å²) in [7, 11) is 1.85. The average molecular weight is 486 g/mol. The van der Waals surface area contributed by atoms with Crippen molar-refractivity contribution < 1.29 is 14.3 Å². The lowest BCUT2D eigenvalue weighted by atomic mass is 10.1. The number of carbonyl (C=O) groups excluding carboxylic acids is 1. The predicted octanol–water partition coefficient (Wildman–Crippen LogP) is 2.25. The van der Waals surface area contributed by atoms with Gasteiger partial charge in [-0.15, -0.1) is 24.0 Å². The number of nitrogens with one attached hydrogen (secondary N) is 2. The normalized spacial score (nSPS) is 11.7. The molecule has 0 aromatic rings. The maximum Gasteiger partial charge on any atom is 0.240 e. The van der Waals surface area contributed by atoms with Crippen molar-refractivity contribution in [3.63, 3.8) is 0 Å². The van der Waals surface area contributed by atoms with E-state index >= 15 is 0 Å². The Labute approximate surface area is 176 Å². The molecule has 1 amide bonds. The number of hydrogen-bond acceptors (Lipinski definition) is 4. The van der Waals surface area contributed by atoms with Crippen molar-refractivity contribution in [2.24, 2.45) is 4.99 Å². The third kappa shape index (κ3) is 16.8. The van der Waals surface area contributed by atoms with E-state index in [9.17, 15) is 4.79 Å². The largest absolute Gasteiger partial charge is 0.379 e. The van der Waals surface area contributed by atoms with E-state index in [-0.39, 0.29) is 42.0 Å². The molecule has 0 aliphatic heterocycles. The highest BCUT2D eigenvalue weighted by Gasteiger charge is 2.16. The van der Waals surface area contributed by atoms with Crippen LogP contribution in [0.2, 0.25) is 0 Å². The molecule has 0 aromatic heterocycles. The number of ether oxygens (including phenoxy) is 2. The van der Waals surface area contributed by atoms with Gasteiger partial charge in [-0.2, -0.15) is 0 Å². The quantitative estimate of drug-likeness (QED) is 0.192. The summed E-state index contributed by atoms with van der Waals surface area (Å²) in [6.45, 7) is 14.1.